The SMILES string of the molecule is O=C(CCc1ccccc1)Nc1ccccc1-c1nc2ccc3ccccc3c2o1. The maximum absolute atomic E-state index is 12.6. The van der Waals surface area contributed by atoms with Crippen molar-refractivity contribution in [1.82, 2.24) is 4.98 Å². The van der Waals surface area contributed by atoms with Crippen molar-refractivity contribution in [2.75, 3.05) is 5.32 Å². The van der Waals surface area contributed by atoms with Crippen molar-refractivity contribution in [1.29, 1.82) is 0 Å². The first-order valence-electron chi connectivity index (χ1n) is 9.99. The molecule has 1 amide bonds. The van der Waals surface area contributed by atoms with Gasteiger partial charge in [-0.3, -0.25) is 4.79 Å². The number of anilines is 1. The lowest BCUT2D eigenvalue weighted by atomic mass is 10.1. The summed E-state index contributed by atoms with van der Waals surface area (Å²) in [5.74, 6) is 0.466. The minimum Gasteiger partial charge on any atom is -0.435 e. The number of carbonyl (C=O) groups excluding carboxylic acids is 1. The highest BCUT2D eigenvalue weighted by molar-refractivity contribution is 6.04. The Hall–Kier alpha value is -3.92. The summed E-state index contributed by atoms with van der Waals surface area (Å²) in [6.07, 6.45) is 1.11. The minimum absolute atomic E-state index is 0.0344. The van der Waals surface area contributed by atoms with Gasteiger partial charge in [-0.15, -0.1) is 0 Å². The lowest BCUT2D eigenvalue weighted by Crippen LogP contribution is -2.13. The Morgan fingerprint density at radius 2 is 1.60 bits per heavy atom. The molecule has 4 aromatic carbocycles. The molecule has 0 atom stereocenters. The van der Waals surface area contributed by atoms with Gasteiger partial charge in [-0.1, -0.05) is 72.8 Å². The van der Waals surface area contributed by atoms with Crippen LogP contribution in [0.5, 0.6) is 0 Å². The van der Waals surface area contributed by atoms with E-state index in [0.29, 0.717) is 24.4 Å². The maximum atomic E-state index is 12.6. The molecule has 30 heavy (non-hydrogen) atoms. The molecule has 1 N–H and O–H groups in total. The first-order valence-corrected chi connectivity index (χ1v) is 9.99. The van der Waals surface area contributed by atoms with Crippen molar-refractivity contribution < 1.29 is 9.21 Å². The first-order chi connectivity index (χ1) is 14.8. The van der Waals surface area contributed by atoms with Crippen molar-refractivity contribution in [3.63, 3.8) is 0 Å². The quantitative estimate of drug-likeness (QED) is 0.386. The van der Waals surface area contributed by atoms with E-state index in [-0.39, 0.29) is 5.91 Å². The van der Waals surface area contributed by atoms with Crippen LogP contribution in [0.3, 0.4) is 0 Å². The molecule has 0 aliphatic heterocycles. The summed E-state index contributed by atoms with van der Waals surface area (Å²) < 4.78 is 6.16. The Morgan fingerprint density at radius 3 is 2.50 bits per heavy atom. The number of carbonyl (C=O) groups is 1. The lowest BCUT2D eigenvalue weighted by molar-refractivity contribution is -0.116. The monoisotopic (exact) mass is 392 g/mol. The van der Waals surface area contributed by atoms with Gasteiger partial charge in [-0.25, -0.2) is 4.98 Å². The normalized spacial score (nSPS) is 11.1. The van der Waals surface area contributed by atoms with E-state index in [1.807, 2.05) is 84.9 Å². The Morgan fingerprint density at radius 1 is 0.833 bits per heavy atom. The zero-order valence-corrected chi connectivity index (χ0v) is 16.3. The molecule has 1 aromatic heterocycles. The fourth-order valence-electron chi connectivity index (χ4n) is 3.66. The van der Waals surface area contributed by atoms with Crippen LogP contribution in [0.15, 0.2) is 95.4 Å². The predicted molar refractivity (Wildman–Crippen MR) is 120 cm³/mol. The van der Waals surface area contributed by atoms with E-state index in [1.54, 1.807) is 0 Å². The number of para-hydroxylation sites is 1. The molecule has 0 aliphatic rings. The van der Waals surface area contributed by atoms with Crippen molar-refractivity contribution in [3.05, 3.63) is 96.6 Å². The van der Waals surface area contributed by atoms with Gasteiger partial charge < -0.3 is 9.73 Å². The molecule has 0 fully saturated rings. The molecule has 0 aliphatic carbocycles. The van der Waals surface area contributed by atoms with Gasteiger partial charge in [0.25, 0.3) is 0 Å². The third-order valence-electron chi connectivity index (χ3n) is 5.19. The third-order valence-corrected chi connectivity index (χ3v) is 5.19. The van der Waals surface area contributed by atoms with Gasteiger partial charge in [0.15, 0.2) is 5.58 Å². The lowest BCUT2D eigenvalue weighted by Gasteiger charge is -2.09. The molecule has 0 saturated carbocycles. The minimum atomic E-state index is -0.0344. The van der Waals surface area contributed by atoms with Crippen LogP contribution >= 0.6 is 0 Å². The molecule has 0 unspecified atom stereocenters. The molecule has 0 saturated heterocycles. The number of oxazole rings is 1. The molecule has 4 nitrogen and oxygen atoms in total. The van der Waals surface area contributed by atoms with E-state index in [4.69, 9.17) is 4.42 Å². The third kappa shape index (κ3) is 3.55. The second kappa shape index (κ2) is 7.84. The molecule has 1 heterocycles. The van der Waals surface area contributed by atoms with Gasteiger partial charge in [0.05, 0.1) is 11.3 Å². The van der Waals surface area contributed by atoms with Gasteiger partial charge in [-0.05, 0) is 35.6 Å². The van der Waals surface area contributed by atoms with Crippen LogP contribution in [0.1, 0.15) is 12.0 Å². The Kier molecular flexibility index (Phi) is 4.74. The summed E-state index contributed by atoms with van der Waals surface area (Å²) in [5, 5.41) is 5.15. The van der Waals surface area contributed by atoms with E-state index >= 15 is 0 Å². The number of amides is 1. The average Bonchev–Trinajstić information content (AvgIpc) is 3.23. The highest BCUT2D eigenvalue weighted by Crippen LogP contribution is 2.33. The van der Waals surface area contributed by atoms with E-state index in [2.05, 4.69) is 16.4 Å². The van der Waals surface area contributed by atoms with Crippen LogP contribution in [0.4, 0.5) is 5.69 Å². The number of fused-ring (bicyclic) bond motifs is 3. The summed E-state index contributed by atoms with van der Waals surface area (Å²) in [6.45, 7) is 0. The Bertz CT molecular complexity index is 1340. The number of hydrogen-bond donors (Lipinski definition) is 1. The van der Waals surface area contributed by atoms with Crippen molar-refractivity contribution >= 4 is 33.5 Å². The topological polar surface area (TPSA) is 55.1 Å². The fourth-order valence-corrected chi connectivity index (χ4v) is 3.66. The summed E-state index contributed by atoms with van der Waals surface area (Å²) in [5.41, 5.74) is 4.17. The van der Waals surface area contributed by atoms with Crippen molar-refractivity contribution in [2.45, 2.75) is 12.8 Å². The predicted octanol–water partition coefficient (Wildman–Crippen LogP) is 6.22. The van der Waals surface area contributed by atoms with Gasteiger partial charge in [0, 0.05) is 11.8 Å². The summed E-state index contributed by atoms with van der Waals surface area (Å²) >= 11 is 0. The highest BCUT2D eigenvalue weighted by atomic mass is 16.3. The Balaban J connectivity index is 1.43. The second-order valence-electron chi connectivity index (χ2n) is 7.23. The van der Waals surface area contributed by atoms with Crippen LogP contribution in [0, 0.1) is 0 Å². The molecule has 0 radical (unpaired) electrons. The summed E-state index contributed by atoms with van der Waals surface area (Å²) in [7, 11) is 0. The number of aromatic nitrogens is 1. The van der Waals surface area contributed by atoms with E-state index < -0.39 is 0 Å². The fraction of sp³-hybridized carbons (Fsp3) is 0.0769. The molecule has 146 valence electrons. The van der Waals surface area contributed by atoms with E-state index in [1.165, 1.54) is 0 Å². The van der Waals surface area contributed by atoms with Gasteiger partial charge in [-0.2, -0.15) is 0 Å². The highest BCUT2D eigenvalue weighted by Gasteiger charge is 2.15. The molecule has 5 aromatic rings. The molecule has 0 bridgehead atoms. The summed E-state index contributed by atoms with van der Waals surface area (Å²) in [6, 6.07) is 29.7. The van der Waals surface area contributed by atoms with Gasteiger partial charge in [0.2, 0.25) is 11.8 Å². The maximum Gasteiger partial charge on any atom is 0.229 e. The van der Waals surface area contributed by atoms with Crippen molar-refractivity contribution in [2.24, 2.45) is 0 Å². The van der Waals surface area contributed by atoms with Crippen LogP contribution in [0.2, 0.25) is 0 Å². The first kappa shape index (κ1) is 18.1. The van der Waals surface area contributed by atoms with Crippen molar-refractivity contribution in [3.8, 4) is 11.5 Å². The largest absolute Gasteiger partial charge is 0.435 e. The average molecular weight is 392 g/mol. The van der Waals surface area contributed by atoms with Crippen LogP contribution in [-0.2, 0) is 11.2 Å². The Labute approximate surface area is 174 Å². The zero-order chi connectivity index (χ0) is 20.3. The molecule has 0 spiro atoms. The standard InChI is InChI=1S/C26H20N2O2/c29-24(17-14-18-8-2-1-3-9-18)27-22-13-7-6-12-21(22)26-28-23-16-15-19-10-4-5-11-20(19)25(23)30-26/h1-13,15-16H,14,17H2,(H,27,29). The number of rotatable bonds is 5. The smallest absolute Gasteiger partial charge is 0.229 e. The van der Waals surface area contributed by atoms with Crippen LogP contribution in [-0.4, -0.2) is 10.9 Å². The summed E-state index contributed by atoms with van der Waals surface area (Å²) in [4.78, 5) is 17.2. The van der Waals surface area contributed by atoms with Crippen LogP contribution in [0.25, 0.3) is 33.3 Å². The van der Waals surface area contributed by atoms with Gasteiger partial charge >= 0.3 is 0 Å². The number of nitrogens with one attached hydrogen (secondary N) is 1. The molecular weight excluding hydrogens is 372 g/mol. The number of hydrogen-bond acceptors (Lipinski definition) is 3. The van der Waals surface area contributed by atoms with E-state index in [9.17, 15) is 4.79 Å². The van der Waals surface area contributed by atoms with E-state index in [0.717, 1.165) is 33.0 Å². The second-order valence-corrected chi connectivity index (χ2v) is 7.23. The molecule has 4 heteroatoms. The number of nitrogens with zero attached hydrogens (tertiary/aromatic N) is 1. The molecular formula is C26H20N2O2. The van der Waals surface area contributed by atoms with Crippen LogP contribution < -0.4 is 5.32 Å². The number of aryl methyl sites for hydroxylation is 1. The van der Waals surface area contributed by atoms with Gasteiger partial charge in [0.1, 0.15) is 5.52 Å². The zero-order valence-electron chi connectivity index (χ0n) is 16.3. The molecule has 5 rings (SSSR count). The number of benzene rings is 4.